The van der Waals surface area contributed by atoms with E-state index in [2.05, 4.69) is 4.74 Å². The maximum Gasteiger partial charge on any atom is 0.325 e. The normalized spacial score (nSPS) is 9.94. The molecule has 0 aliphatic carbocycles. The molecule has 0 unspecified atom stereocenters. The Hall–Kier alpha value is -2.04. The number of benzene rings is 1. The first-order valence-corrected chi connectivity index (χ1v) is 5.72. The SMILES string of the molecule is CCN(CC(=O)OC)C(=O)c1cccc(C)c1N. The van der Waals surface area contributed by atoms with Crippen molar-refractivity contribution in [2.75, 3.05) is 25.9 Å². The lowest BCUT2D eigenvalue weighted by Gasteiger charge is -2.20. The molecule has 5 heteroatoms. The van der Waals surface area contributed by atoms with E-state index in [1.54, 1.807) is 19.1 Å². The minimum Gasteiger partial charge on any atom is -0.468 e. The number of hydrogen-bond donors (Lipinski definition) is 1. The number of anilines is 1. The van der Waals surface area contributed by atoms with Crippen LogP contribution in [0.25, 0.3) is 0 Å². The maximum absolute atomic E-state index is 12.2. The minimum absolute atomic E-state index is 0.0702. The van der Waals surface area contributed by atoms with Gasteiger partial charge in [-0.25, -0.2) is 0 Å². The second-order valence-electron chi connectivity index (χ2n) is 3.93. The van der Waals surface area contributed by atoms with E-state index >= 15 is 0 Å². The van der Waals surface area contributed by atoms with Crippen molar-refractivity contribution in [1.29, 1.82) is 0 Å². The van der Waals surface area contributed by atoms with E-state index in [0.29, 0.717) is 17.8 Å². The van der Waals surface area contributed by atoms with Crippen molar-refractivity contribution >= 4 is 17.6 Å². The van der Waals surface area contributed by atoms with Gasteiger partial charge in [-0.3, -0.25) is 9.59 Å². The molecule has 1 aromatic rings. The Kier molecular flexibility index (Phi) is 4.71. The molecule has 0 fully saturated rings. The number of ether oxygens (including phenoxy) is 1. The lowest BCUT2D eigenvalue weighted by Crippen LogP contribution is -2.36. The number of nitrogens with zero attached hydrogens (tertiary/aromatic N) is 1. The minimum atomic E-state index is -0.448. The van der Waals surface area contributed by atoms with Crippen molar-refractivity contribution in [3.05, 3.63) is 29.3 Å². The molecule has 1 amide bonds. The summed E-state index contributed by atoms with van der Waals surface area (Å²) < 4.78 is 4.56. The molecule has 0 spiro atoms. The highest BCUT2D eigenvalue weighted by molar-refractivity contribution is 6.00. The zero-order valence-corrected chi connectivity index (χ0v) is 10.9. The van der Waals surface area contributed by atoms with Crippen LogP contribution in [0, 0.1) is 6.92 Å². The third kappa shape index (κ3) is 3.00. The number of carbonyl (C=O) groups excluding carboxylic acids is 2. The van der Waals surface area contributed by atoms with Crippen LogP contribution in [0.1, 0.15) is 22.8 Å². The van der Waals surface area contributed by atoms with Gasteiger partial charge in [-0.15, -0.1) is 0 Å². The van der Waals surface area contributed by atoms with Crippen LogP contribution in [-0.2, 0) is 9.53 Å². The molecule has 0 aliphatic heterocycles. The first kappa shape index (κ1) is 14.0. The quantitative estimate of drug-likeness (QED) is 0.644. The predicted molar refractivity (Wildman–Crippen MR) is 69.2 cm³/mol. The fourth-order valence-electron chi connectivity index (χ4n) is 1.59. The number of esters is 1. The van der Waals surface area contributed by atoms with Gasteiger partial charge >= 0.3 is 5.97 Å². The number of rotatable bonds is 4. The number of likely N-dealkylation sites (N-methyl/N-ethyl adjacent to an activating group) is 1. The van der Waals surface area contributed by atoms with E-state index in [1.807, 2.05) is 13.0 Å². The molecule has 98 valence electrons. The van der Waals surface area contributed by atoms with E-state index in [0.717, 1.165) is 5.56 Å². The van der Waals surface area contributed by atoms with Gasteiger partial charge in [0.15, 0.2) is 0 Å². The Balaban J connectivity index is 2.97. The summed E-state index contributed by atoms with van der Waals surface area (Å²) in [5, 5.41) is 0. The van der Waals surface area contributed by atoms with Crippen LogP contribution in [0.5, 0.6) is 0 Å². The van der Waals surface area contributed by atoms with Crippen LogP contribution in [0.4, 0.5) is 5.69 Å². The number of nitrogens with two attached hydrogens (primary N) is 1. The van der Waals surface area contributed by atoms with Crippen LogP contribution in [0.3, 0.4) is 0 Å². The second kappa shape index (κ2) is 6.05. The Labute approximate surface area is 107 Å². The fourth-order valence-corrected chi connectivity index (χ4v) is 1.59. The van der Waals surface area contributed by atoms with Gasteiger partial charge in [0.2, 0.25) is 0 Å². The van der Waals surface area contributed by atoms with E-state index < -0.39 is 5.97 Å². The summed E-state index contributed by atoms with van der Waals surface area (Å²) in [6, 6.07) is 5.26. The number of nitrogen functional groups attached to an aromatic ring is 1. The molecule has 0 bridgehead atoms. The molecule has 0 heterocycles. The summed E-state index contributed by atoms with van der Waals surface area (Å²) >= 11 is 0. The molecular weight excluding hydrogens is 232 g/mol. The largest absolute Gasteiger partial charge is 0.468 e. The summed E-state index contributed by atoms with van der Waals surface area (Å²) in [5.41, 5.74) is 7.59. The molecule has 0 aliphatic rings. The number of para-hydroxylation sites is 1. The van der Waals surface area contributed by atoms with Gasteiger partial charge in [-0.1, -0.05) is 12.1 Å². The molecule has 0 aromatic heterocycles. The molecule has 1 aromatic carbocycles. The highest BCUT2D eigenvalue weighted by atomic mass is 16.5. The lowest BCUT2D eigenvalue weighted by atomic mass is 10.1. The van der Waals surface area contributed by atoms with Gasteiger partial charge in [-0.05, 0) is 25.5 Å². The molecule has 5 nitrogen and oxygen atoms in total. The van der Waals surface area contributed by atoms with Gasteiger partial charge in [-0.2, -0.15) is 0 Å². The summed E-state index contributed by atoms with van der Waals surface area (Å²) in [5.74, 6) is -0.708. The van der Waals surface area contributed by atoms with Crippen molar-refractivity contribution in [2.45, 2.75) is 13.8 Å². The summed E-state index contributed by atoms with van der Waals surface area (Å²) in [6.45, 7) is 3.98. The van der Waals surface area contributed by atoms with Gasteiger partial charge < -0.3 is 15.4 Å². The lowest BCUT2D eigenvalue weighted by molar-refractivity contribution is -0.141. The Morgan fingerprint density at radius 1 is 1.39 bits per heavy atom. The third-order valence-corrected chi connectivity index (χ3v) is 2.77. The van der Waals surface area contributed by atoms with Gasteiger partial charge in [0.05, 0.1) is 12.7 Å². The van der Waals surface area contributed by atoms with E-state index in [4.69, 9.17) is 5.73 Å². The topological polar surface area (TPSA) is 72.6 Å². The highest BCUT2D eigenvalue weighted by Crippen LogP contribution is 2.18. The molecule has 1 rings (SSSR count). The molecule has 2 N–H and O–H groups in total. The Morgan fingerprint density at radius 3 is 2.61 bits per heavy atom. The van der Waals surface area contributed by atoms with Gasteiger partial charge in [0, 0.05) is 12.2 Å². The van der Waals surface area contributed by atoms with Crippen LogP contribution in [0.2, 0.25) is 0 Å². The van der Waals surface area contributed by atoms with Gasteiger partial charge in [0.25, 0.3) is 5.91 Å². The van der Waals surface area contributed by atoms with E-state index in [9.17, 15) is 9.59 Å². The molecular formula is C13H18N2O3. The average molecular weight is 250 g/mol. The van der Waals surface area contributed by atoms with E-state index in [1.165, 1.54) is 12.0 Å². The summed E-state index contributed by atoms with van der Waals surface area (Å²) in [6.07, 6.45) is 0. The smallest absolute Gasteiger partial charge is 0.325 e. The summed E-state index contributed by atoms with van der Waals surface area (Å²) in [4.78, 5) is 24.9. The molecule has 18 heavy (non-hydrogen) atoms. The Bertz CT molecular complexity index is 458. The number of methoxy groups -OCH3 is 1. The number of aryl methyl sites for hydroxylation is 1. The third-order valence-electron chi connectivity index (χ3n) is 2.77. The van der Waals surface area contributed by atoms with Crippen LogP contribution < -0.4 is 5.73 Å². The molecule has 0 radical (unpaired) electrons. The van der Waals surface area contributed by atoms with Crippen LogP contribution >= 0.6 is 0 Å². The van der Waals surface area contributed by atoms with Crippen molar-refractivity contribution in [3.63, 3.8) is 0 Å². The summed E-state index contributed by atoms with van der Waals surface area (Å²) in [7, 11) is 1.29. The standard InChI is InChI=1S/C13H18N2O3/c1-4-15(8-11(16)18-3)13(17)10-7-5-6-9(2)12(10)14/h5-7H,4,8,14H2,1-3H3. The second-order valence-corrected chi connectivity index (χ2v) is 3.93. The maximum atomic E-state index is 12.2. The predicted octanol–water partition coefficient (Wildman–Crippen LogP) is 1.21. The monoisotopic (exact) mass is 250 g/mol. The van der Waals surface area contributed by atoms with E-state index in [-0.39, 0.29) is 12.5 Å². The van der Waals surface area contributed by atoms with Gasteiger partial charge in [0.1, 0.15) is 6.54 Å². The Morgan fingerprint density at radius 2 is 2.06 bits per heavy atom. The first-order valence-electron chi connectivity index (χ1n) is 5.72. The first-order chi connectivity index (χ1) is 8.51. The molecule has 0 saturated heterocycles. The number of carbonyl (C=O) groups is 2. The average Bonchev–Trinajstić information content (AvgIpc) is 2.38. The van der Waals surface area contributed by atoms with Crippen molar-refractivity contribution in [3.8, 4) is 0 Å². The van der Waals surface area contributed by atoms with Crippen molar-refractivity contribution in [1.82, 2.24) is 4.90 Å². The van der Waals surface area contributed by atoms with Crippen molar-refractivity contribution in [2.24, 2.45) is 0 Å². The molecule has 0 saturated carbocycles. The molecule has 0 atom stereocenters. The van der Waals surface area contributed by atoms with Crippen LogP contribution in [-0.4, -0.2) is 37.0 Å². The zero-order valence-electron chi connectivity index (χ0n) is 10.9. The van der Waals surface area contributed by atoms with Crippen LogP contribution in [0.15, 0.2) is 18.2 Å². The highest BCUT2D eigenvalue weighted by Gasteiger charge is 2.19. The number of hydrogen-bond acceptors (Lipinski definition) is 4. The fraction of sp³-hybridized carbons (Fsp3) is 0.385. The number of amides is 1. The zero-order chi connectivity index (χ0) is 13.7. The van der Waals surface area contributed by atoms with Crippen molar-refractivity contribution < 1.29 is 14.3 Å².